The van der Waals surface area contributed by atoms with Crippen LogP contribution in [0.25, 0.3) is 10.9 Å². The summed E-state index contributed by atoms with van der Waals surface area (Å²) in [4.78, 5) is 17.3. The summed E-state index contributed by atoms with van der Waals surface area (Å²) in [7, 11) is -1.22. The lowest BCUT2D eigenvalue weighted by atomic mass is 10.0. The highest BCUT2D eigenvalue weighted by atomic mass is 32.2. The van der Waals surface area contributed by atoms with Crippen molar-refractivity contribution in [3.63, 3.8) is 0 Å². The van der Waals surface area contributed by atoms with Gasteiger partial charge >= 0.3 is 0 Å². The van der Waals surface area contributed by atoms with Crippen molar-refractivity contribution in [1.29, 1.82) is 0 Å². The summed E-state index contributed by atoms with van der Waals surface area (Å²) in [6.07, 6.45) is 0. The van der Waals surface area contributed by atoms with E-state index >= 15 is 0 Å². The zero-order valence-electron chi connectivity index (χ0n) is 15.3. The highest BCUT2D eigenvalue weighted by Gasteiger charge is 2.46. The van der Waals surface area contributed by atoms with Gasteiger partial charge in [-0.1, -0.05) is 25.1 Å². The van der Waals surface area contributed by atoms with Gasteiger partial charge < -0.3 is 4.57 Å². The number of aromatic nitrogens is 1. The summed E-state index contributed by atoms with van der Waals surface area (Å²) < 4.78 is 26.2. The van der Waals surface area contributed by atoms with Crippen molar-refractivity contribution in [3.05, 3.63) is 46.2 Å². The average molecular weight is 375 g/mol. The Labute approximate surface area is 153 Å². The first-order valence-corrected chi connectivity index (χ1v) is 11.0. The average Bonchev–Trinajstić information content (AvgIpc) is 2.95. The third-order valence-corrected chi connectivity index (χ3v) is 7.59. The smallest absolute Gasteiger partial charge is 0.255 e. The topological polar surface area (TPSA) is 62.6 Å². The molecule has 2 unspecified atom stereocenters. The molecule has 0 N–H and O–H groups in total. The van der Waals surface area contributed by atoms with Gasteiger partial charge in [-0.3, -0.25) is 14.6 Å². The summed E-state index contributed by atoms with van der Waals surface area (Å²) in [6.45, 7) is 5.09. The number of aryl methyl sites for hydroxylation is 1. The molecular formula is C19H25N3O3S. The van der Waals surface area contributed by atoms with E-state index in [2.05, 4.69) is 16.7 Å². The van der Waals surface area contributed by atoms with E-state index in [1.807, 2.05) is 30.3 Å². The molecule has 0 aliphatic carbocycles. The number of piperazine rings is 1. The van der Waals surface area contributed by atoms with Gasteiger partial charge in [0.2, 0.25) is 0 Å². The first kappa shape index (κ1) is 17.7. The molecule has 140 valence electrons. The molecule has 7 heteroatoms. The second-order valence-corrected chi connectivity index (χ2v) is 9.56. The van der Waals surface area contributed by atoms with Gasteiger partial charge in [0.25, 0.3) is 5.56 Å². The monoisotopic (exact) mass is 375 g/mol. The van der Waals surface area contributed by atoms with Gasteiger partial charge in [-0.15, -0.1) is 0 Å². The van der Waals surface area contributed by atoms with Crippen molar-refractivity contribution >= 4 is 20.7 Å². The maximum atomic E-state index is 12.8. The number of benzene rings is 1. The van der Waals surface area contributed by atoms with Crippen LogP contribution in [-0.2, 0) is 23.4 Å². The number of hydrogen-bond donors (Lipinski definition) is 0. The SMILES string of the molecule is CCN1CCN(Cc2cc3ccccc3n(C)c2=O)C2CS(=O)(=O)CC21. The van der Waals surface area contributed by atoms with Crippen molar-refractivity contribution < 1.29 is 8.42 Å². The fourth-order valence-corrected chi connectivity index (χ4v) is 6.55. The number of sulfone groups is 1. The molecule has 1 aromatic carbocycles. The molecular weight excluding hydrogens is 350 g/mol. The molecule has 3 heterocycles. The van der Waals surface area contributed by atoms with Crippen molar-refractivity contribution in [1.82, 2.24) is 14.4 Å². The van der Waals surface area contributed by atoms with Crippen molar-refractivity contribution in [2.24, 2.45) is 7.05 Å². The van der Waals surface area contributed by atoms with Crippen LogP contribution in [0.5, 0.6) is 0 Å². The normalized spacial score (nSPS) is 26.2. The predicted octanol–water partition coefficient (Wildman–Crippen LogP) is 0.842. The number of likely N-dealkylation sites (N-methyl/N-ethyl adjacent to an activating group) is 1. The van der Waals surface area contributed by atoms with Crippen LogP contribution in [0, 0.1) is 0 Å². The maximum absolute atomic E-state index is 12.8. The molecule has 0 amide bonds. The van der Waals surface area contributed by atoms with Gasteiger partial charge in [-0.2, -0.15) is 0 Å². The molecule has 0 bridgehead atoms. The molecule has 2 atom stereocenters. The molecule has 0 radical (unpaired) electrons. The largest absolute Gasteiger partial charge is 0.311 e. The van der Waals surface area contributed by atoms with Gasteiger partial charge in [0.05, 0.1) is 17.0 Å². The van der Waals surface area contributed by atoms with Gasteiger partial charge in [-0.05, 0) is 24.1 Å². The zero-order valence-corrected chi connectivity index (χ0v) is 16.1. The Balaban J connectivity index is 1.68. The van der Waals surface area contributed by atoms with Gasteiger partial charge in [0.1, 0.15) is 0 Å². The highest BCUT2D eigenvalue weighted by molar-refractivity contribution is 7.91. The van der Waals surface area contributed by atoms with Crippen molar-refractivity contribution in [3.8, 4) is 0 Å². The molecule has 4 rings (SSSR count). The molecule has 2 fully saturated rings. The number of fused-ring (bicyclic) bond motifs is 2. The lowest BCUT2D eigenvalue weighted by Crippen LogP contribution is -2.58. The quantitative estimate of drug-likeness (QED) is 0.796. The third kappa shape index (κ3) is 2.98. The van der Waals surface area contributed by atoms with E-state index in [1.165, 1.54) is 0 Å². The van der Waals surface area contributed by atoms with E-state index in [4.69, 9.17) is 0 Å². The first-order valence-electron chi connectivity index (χ1n) is 9.16. The van der Waals surface area contributed by atoms with Crippen LogP contribution in [0.3, 0.4) is 0 Å². The molecule has 2 aromatic rings. The van der Waals surface area contributed by atoms with Crippen LogP contribution in [0.15, 0.2) is 35.1 Å². The third-order valence-electron chi connectivity index (χ3n) is 5.89. The Morgan fingerprint density at radius 2 is 1.73 bits per heavy atom. The molecule has 2 aliphatic rings. The van der Waals surface area contributed by atoms with E-state index in [1.54, 1.807) is 11.6 Å². The Morgan fingerprint density at radius 1 is 1.08 bits per heavy atom. The lowest BCUT2D eigenvalue weighted by molar-refractivity contribution is 0.0436. The maximum Gasteiger partial charge on any atom is 0.255 e. The van der Waals surface area contributed by atoms with Crippen molar-refractivity contribution in [2.45, 2.75) is 25.6 Å². The molecule has 2 saturated heterocycles. The zero-order chi connectivity index (χ0) is 18.5. The number of para-hydroxylation sites is 1. The van der Waals surface area contributed by atoms with Crippen LogP contribution in [0.1, 0.15) is 12.5 Å². The van der Waals surface area contributed by atoms with Gasteiger partial charge in [-0.25, -0.2) is 8.42 Å². The summed E-state index contributed by atoms with van der Waals surface area (Å²) in [5.74, 6) is 0.430. The minimum Gasteiger partial charge on any atom is -0.311 e. The van der Waals surface area contributed by atoms with Crippen LogP contribution in [-0.4, -0.2) is 66.0 Å². The fourth-order valence-electron chi connectivity index (χ4n) is 4.51. The lowest BCUT2D eigenvalue weighted by Gasteiger charge is -2.43. The van der Waals surface area contributed by atoms with Gasteiger partial charge in [0.15, 0.2) is 9.84 Å². The van der Waals surface area contributed by atoms with Crippen LogP contribution >= 0.6 is 0 Å². The summed E-state index contributed by atoms with van der Waals surface area (Å²) in [5.41, 5.74) is 1.65. The molecule has 0 saturated carbocycles. The van der Waals surface area contributed by atoms with Crippen LogP contribution < -0.4 is 5.56 Å². The van der Waals surface area contributed by atoms with E-state index in [0.29, 0.717) is 6.54 Å². The fraction of sp³-hybridized carbons (Fsp3) is 0.526. The predicted molar refractivity (Wildman–Crippen MR) is 103 cm³/mol. The highest BCUT2D eigenvalue weighted by Crippen LogP contribution is 2.28. The summed E-state index contributed by atoms with van der Waals surface area (Å²) in [6, 6.07) is 9.83. The van der Waals surface area contributed by atoms with E-state index in [9.17, 15) is 13.2 Å². The molecule has 6 nitrogen and oxygen atoms in total. The second kappa shape index (κ2) is 6.48. The summed E-state index contributed by atoms with van der Waals surface area (Å²) >= 11 is 0. The Bertz CT molecular complexity index is 999. The van der Waals surface area contributed by atoms with Crippen LogP contribution in [0.4, 0.5) is 0 Å². The minimum atomic E-state index is -3.02. The second-order valence-electron chi connectivity index (χ2n) is 7.40. The first-order chi connectivity index (χ1) is 12.4. The Kier molecular flexibility index (Phi) is 4.41. The molecule has 26 heavy (non-hydrogen) atoms. The van der Waals surface area contributed by atoms with E-state index < -0.39 is 9.84 Å². The van der Waals surface area contributed by atoms with Gasteiger partial charge in [0, 0.05) is 44.3 Å². The molecule has 1 aromatic heterocycles. The van der Waals surface area contributed by atoms with E-state index in [-0.39, 0.29) is 29.1 Å². The minimum absolute atomic E-state index is 0.000903. The molecule has 2 aliphatic heterocycles. The number of rotatable bonds is 3. The number of pyridine rings is 1. The van der Waals surface area contributed by atoms with E-state index in [0.717, 1.165) is 36.1 Å². The Morgan fingerprint density at radius 3 is 2.46 bits per heavy atom. The number of hydrogen-bond acceptors (Lipinski definition) is 5. The summed E-state index contributed by atoms with van der Waals surface area (Å²) in [5, 5.41) is 1.03. The standard InChI is InChI=1S/C19H25N3O3S/c1-3-21-8-9-22(18-13-26(24,25)12-17(18)21)11-15-10-14-6-4-5-7-16(14)20(2)19(15)23/h4-7,10,17-18H,3,8-9,11-13H2,1-2H3. The van der Waals surface area contributed by atoms with Crippen LogP contribution in [0.2, 0.25) is 0 Å². The Hall–Kier alpha value is -1.70. The number of nitrogens with zero attached hydrogens (tertiary/aromatic N) is 3. The molecule has 0 spiro atoms. The van der Waals surface area contributed by atoms with Crippen molar-refractivity contribution in [2.75, 3.05) is 31.1 Å².